The number of aromatic nitrogens is 1. The number of fused-ring (bicyclic) bond motifs is 1. The van der Waals surface area contributed by atoms with E-state index in [-0.39, 0.29) is 5.56 Å². The third-order valence-electron chi connectivity index (χ3n) is 3.20. The maximum absolute atomic E-state index is 13.2. The van der Waals surface area contributed by atoms with Crippen LogP contribution in [0.15, 0.2) is 36.4 Å². The first-order valence-corrected chi connectivity index (χ1v) is 7.52. The number of benzene rings is 2. The Kier molecular flexibility index (Phi) is 4.12. The van der Waals surface area contributed by atoms with E-state index in [0.29, 0.717) is 22.1 Å². The summed E-state index contributed by atoms with van der Waals surface area (Å²) in [6, 6.07) is 9.02. The quantitative estimate of drug-likeness (QED) is 0.791. The lowest BCUT2D eigenvalue weighted by molar-refractivity contribution is 0.102. The van der Waals surface area contributed by atoms with Gasteiger partial charge in [0.25, 0.3) is 5.91 Å². The topological polar surface area (TPSA) is 60.5 Å². The van der Waals surface area contributed by atoms with Crippen molar-refractivity contribution < 1.29 is 18.7 Å². The number of thiazole rings is 1. The van der Waals surface area contributed by atoms with E-state index in [4.69, 9.17) is 9.47 Å². The molecule has 0 spiro atoms. The molecule has 1 amide bonds. The van der Waals surface area contributed by atoms with E-state index in [0.717, 1.165) is 4.70 Å². The Hall–Kier alpha value is -2.67. The third kappa shape index (κ3) is 3.09. The molecule has 0 unspecified atom stereocenters. The molecule has 0 saturated heterocycles. The number of carbonyl (C=O) groups excluding carboxylic acids is 1. The fourth-order valence-corrected chi connectivity index (χ4v) is 2.98. The zero-order chi connectivity index (χ0) is 16.4. The lowest BCUT2D eigenvalue weighted by Crippen LogP contribution is -2.11. The first kappa shape index (κ1) is 15.2. The van der Waals surface area contributed by atoms with Crippen LogP contribution in [0.3, 0.4) is 0 Å². The van der Waals surface area contributed by atoms with Crippen molar-refractivity contribution in [2.75, 3.05) is 19.5 Å². The van der Waals surface area contributed by atoms with E-state index in [1.165, 1.54) is 35.6 Å². The Morgan fingerprint density at radius 1 is 1.17 bits per heavy atom. The second kappa shape index (κ2) is 6.21. The van der Waals surface area contributed by atoms with Crippen LogP contribution in [-0.4, -0.2) is 25.1 Å². The highest BCUT2D eigenvalue weighted by atomic mass is 32.1. The Morgan fingerprint density at radius 2 is 1.91 bits per heavy atom. The molecule has 23 heavy (non-hydrogen) atoms. The number of nitrogens with one attached hydrogen (secondary N) is 1. The molecule has 3 aromatic rings. The van der Waals surface area contributed by atoms with Gasteiger partial charge in [-0.25, -0.2) is 9.37 Å². The van der Waals surface area contributed by atoms with Gasteiger partial charge in [-0.1, -0.05) is 17.4 Å². The highest BCUT2D eigenvalue weighted by molar-refractivity contribution is 7.22. The number of nitrogens with zero attached hydrogens (tertiary/aromatic N) is 1. The number of halogens is 1. The van der Waals surface area contributed by atoms with Gasteiger partial charge in [0.05, 0.1) is 24.4 Å². The van der Waals surface area contributed by atoms with Crippen molar-refractivity contribution in [1.82, 2.24) is 4.98 Å². The standard InChI is InChI=1S/C16H13FN2O3S/c1-21-12-7-11-14(8-13(12)22-2)23-16(18-11)19-15(20)9-4-3-5-10(17)6-9/h3-8H,1-2H3,(H,18,19,20). The molecule has 3 rings (SSSR count). The molecule has 0 aliphatic carbocycles. The van der Waals surface area contributed by atoms with E-state index in [9.17, 15) is 9.18 Å². The van der Waals surface area contributed by atoms with Crippen LogP contribution in [-0.2, 0) is 0 Å². The number of ether oxygens (including phenoxy) is 2. The lowest BCUT2D eigenvalue weighted by atomic mass is 10.2. The smallest absolute Gasteiger partial charge is 0.257 e. The van der Waals surface area contributed by atoms with Crippen LogP contribution in [0.4, 0.5) is 9.52 Å². The van der Waals surface area contributed by atoms with Gasteiger partial charge in [0.1, 0.15) is 5.82 Å². The largest absolute Gasteiger partial charge is 0.493 e. The minimum absolute atomic E-state index is 0.236. The van der Waals surface area contributed by atoms with Crippen molar-refractivity contribution in [1.29, 1.82) is 0 Å². The van der Waals surface area contributed by atoms with Crippen LogP contribution < -0.4 is 14.8 Å². The SMILES string of the molecule is COc1cc2nc(NC(=O)c3cccc(F)c3)sc2cc1OC. The van der Waals surface area contributed by atoms with Crippen molar-refractivity contribution in [3.63, 3.8) is 0 Å². The Balaban J connectivity index is 1.90. The van der Waals surface area contributed by atoms with Gasteiger partial charge in [0.2, 0.25) is 0 Å². The molecule has 5 nitrogen and oxygen atoms in total. The Labute approximate surface area is 135 Å². The minimum Gasteiger partial charge on any atom is -0.493 e. The van der Waals surface area contributed by atoms with Gasteiger partial charge in [-0.3, -0.25) is 10.1 Å². The molecule has 0 bridgehead atoms. The average molecular weight is 332 g/mol. The van der Waals surface area contributed by atoms with Gasteiger partial charge < -0.3 is 9.47 Å². The molecule has 7 heteroatoms. The maximum Gasteiger partial charge on any atom is 0.257 e. The maximum atomic E-state index is 13.2. The summed E-state index contributed by atoms with van der Waals surface area (Å²) >= 11 is 1.30. The molecule has 0 saturated carbocycles. The molecule has 2 aromatic carbocycles. The van der Waals surface area contributed by atoms with E-state index < -0.39 is 11.7 Å². The second-order valence-electron chi connectivity index (χ2n) is 4.66. The van der Waals surface area contributed by atoms with Gasteiger partial charge in [0, 0.05) is 17.7 Å². The second-order valence-corrected chi connectivity index (χ2v) is 5.69. The fourth-order valence-electron chi connectivity index (χ4n) is 2.11. The summed E-state index contributed by atoms with van der Waals surface area (Å²) in [6.07, 6.45) is 0. The molecule has 1 heterocycles. The molecular formula is C16H13FN2O3S. The van der Waals surface area contributed by atoms with Gasteiger partial charge in [0.15, 0.2) is 16.6 Å². The summed E-state index contributed by atoms with van der Waals surface area (Å²) in [5.41, 5.74) is 0.918. The molecule has 0 radical (unpaired) electrons. The number of methoxy groups -OCH3 is 2. The van der Waals surface area contributed by atoms with Crippen molar-refractivity contribution in [2.45, 2.75) is 0 Å². The van der Waals surface area contributed by atoms with Gasteiger partial charge in [-0.2, -0.15) is 0 Å². The molecule has 118 valence electrons. The average Bonchev–Trinajstić information content (AvgIpc) is 2.94. The van der Waals surface area contributed by atoms with E-state index in [2.05, 4.69) is 10.3 Å². The normalized spacial score (nSPS) is 10.6. The summed E-state index contributed by atoms with van der Waals surface area (Å²) in [6.45, 7) is 0. The number of anilines is 1. The molecule has 1 N–H and O–H groups in total. The number of amides is 1. The van der Waals surface area contributed by atoms with Gasteiger partial charge in [-0.15, -0.1) is 0 Å². The molecule has 0 atom stereocenters. The summed E-state index contributed by atoms with van der Waals surface area (Å²) in [4.78, 5) is 16.5. The number of hydrogen-bond donors (Lipinski definition) is 1. The minimum atomic E-state index is -0.462. The van der Waals surface area contributed by atoms with Crippen molar-refractivity contribution in [2.24, 2.45) is 0 Å². The summed E-state index contributed by atoms with van der Waals surface area (Å²) in [7, 11) is 3.10. The summed E-state index contributed by atoms with van der Waals surface area (Å²) < 4.78 is 24.5. The van der Waals surface area contributed by atoms with Crippen LogP contribution in [0.1, 0.15) is 10.4 Å². The van der Waals surface area contributed by atoms with Crippen LogP contribution >= 0.6 is 11.3 Å². The summed E-state index contributed by atoms with van der Waals surface area (Å²) in [5.74, 6) is 0.277. The first-order chi connectivity index (χ1) is 11.1. The monoisotopic (exact) mass is 332 g/mol. The number of rotatable bonds is 4. The molecule has 0 aliphatic heterocycles. The predicted octanol–water partition coefficient (Wildman–Crippen LogP) is 3.70. The molecule has 0 aliphatic rings. The van der Waals surface area contributed by atoms with Crippen LogP contribution in [0.5, 0.6) is 11.5 Å². The van der Waals surface area contributed by atoms with Crippen molar-refractivity contribution in [3.8, 4) is 11.5 Å². The zero-order valence-electron chi connectivity index (χ0n) is 12.4. The van der Waals surface area contributed by atoms with Crippen LogP contribution in [0, 0.1) is 5.82 Å². The Bertz CT molecular complexity index is 838. The molecular weight excluding hydrogens is 319 g/mol. The number of carbonyl (C=O) groups is 1. The van der Waals surface area contributed by atoms with Crippen LogP contribution in [0.2, 0.25) is 0 Å². The first-order valence-electron chi connectivity index (χ1n) is 6.70. The van der Waals surface area contributed by atoms with Crippen molar-refractivity contribution in [3.05, 3.63) is 47.8 Å². The lowest BCUT2D eigenvalue weighted by Gasteiger charge is -2.05. The summed E-state index contributed by atoms with van der Waals surface area (Å²) in [5, 5.41) is 3.09. The highest BCUT2D eigenvalue weighted by Gasteiger charge is 2.13. The van der Waals surface area contributed by atoms with E-state index in [1.807, 2.05) is 0 Å². The molecule has 0 fully saturated rings. The van der Waals surface area contributed by atoms with E-state index in [1.54, 1.807) is 26.4 Å². The highest BCUT2D eigenvalue weighted by Crippen LogP contribution is 2.36. The third-order valence-corrected chi connectivity index (χ3v) is 4.13. The van der Waals surface area contributed by atoms with Crippen molar-refractivity contribution >= 4 is 32.6 Å². The molecule has 1 aromatic heterocycles. The van der Waals surface area contributed by atoms with Gasteiger partial charge in [-0.05, 0) is 18.2 Å². The number of hydrogen-bond acceptors (Lipinski definition) is 5. The predicted molar refractivity (Wildman–Crippen MR) is 87.1 cm³/mol. The van der Waals surface area contributed by atoms with E-state index >= 15 is 0 Å². The Morgan fingerprint density at radius 3 is 2.61 bits per heavy atom. The van der Waals surface area contributed by atoms with Crippen LogP contribution in [0.25, 0.3) is 10.2 Å². The zero-order valence-corrected chi connectivity index (χ0v) is 13.2. The van der Waals surface area contributed by atoms with Gasteiger partial charge >= 0.3 is 0 Å². The fraction of sp³-hybridized carbons (Fsp3) is 0.125.